The van der Waals surface area contributed by atoms with E-state index in [1.807, 2.05) is 7.05 Å². The van der Waals surface area contributed by atoms with Crippen LogP contribution >= 0.6 is 0 Å². The predicted octanol–water partition coefficient (Wildman–Crippen LogP) is 0.734. The fraction of sp³-hybridized carbons (Fsp3) is 0.500. The van der Waals surface area contributed by atoms with Gasteiger partial charge in [0.2, 0.25) is 11.8 Å². The van der Waals surface area contributed by atoms with Crippen molar-refractivity contribution in [2.24, 2.45) is 13.0 Å². The van der Waals surface area contributed by atoms with E-state index < -0.39 is 0 Å². The van der Waals surface area contributed by atoms with Crippen LogP contribution in [0.3, 0.4) is 0 Å². The molecule has 0 aliphatic heterocycles. The van der Waals surface area contributed by atoms with Crippen molar-refractivity contribution in [3.63, 3.8) is 0 Å². The van der Waals surface area contributed by atoms with Gasteiger partial charge in [-0.1, -0.05) is 0 Å². The molecule has 2 aromatic heterocycles. The van der Waals surface area contributed by atoms with Crippen molar-refractivity contribution in [2.75, 3.05) is 12.3 Å². The molecule has 84 valence electrons. The normalized spacial score (nSPS) is 15.6. The lowest BCUT2D eigenvalue weighted by atomic mass is 10.4. The van der Waals surface area contributed by atoms with Crippen LogP contribution in [0.15, 0.2) is 6.33 Å². The van der Waals surface area contributed by atoms with Crippen LogP contribution in [0.25, 0.3) is 11.2 Å². The molecule has 3 rings (SSSR count). The molecule has 1 aliphatic carbocycles. The highest BCUT2D eigenvalue weighted by molar-refractivity contribution is 5.77. The van der Waals surface area contributed by atoms with Crippen molar-refractivity contribution in [3.05, 3.63) is 6.33 Å². The van der Waals surface area contributed by atoms with Gasteiger partial charge in [-0.05, 0) is 18.8 Å². The third kappa shape index (κ3) is 1.56. The number of imidazole rings is 1. The Morgan fingerprint density at radius 3 is 3.06 bits per heavy atom. The molecule has 0 unspecified atom stereocenters. The summed E-state index contributed by atoms with van der Waals surface area (Å²) in [4.78, 5) is 12.4. The van der Waals surface area contributed by atoms with Gasteiger partial charge in [0.15, 0.2) is 11.2 Å². The van der Waals surface area contributed by atoms with E-state index in [2.05, 4.69) is 15.0 Å². The van der Waals surface area contributed by atoms with Crippen LogP contribution in [0, 0.1) is 5.92 Å². The van der Waals surface area contributed by atoms with Crippen LogP contribution in [0.4, 0.5) is 5.95 Å². The summed E-state index contributed by atoms with van der Waals surface area (Å²) >= 11 is 0. The molecule has 16 heavy (non-hydrogen) atoms. The van der Waals surface area contributed by atoms with Gasteiger partial charge in [-0.2, -0.15) is 9.97 Å². The Hall–Kier alpha value is -1.85. The SMILES string of the molecule is Cn1cnc2c(OCC3CC3)nc(N)nc21. The van der Waals surface area contributed by atoms with Crippen molar-refractivity contribution in [2.45, 2.75) is 12.8 Å². The maximum absolute atomic E-state index is 5.63. The average molecular weight is 219 g/mol. The maximum atomic E-state index is 5.63. The molecule has 2 aromatic rings. The summed E-state index contributed by atoms with van der Waals surface area (Å²) < 4.78 is 7.43. The second kappa shape index (κ2) is 3.33. The van der Waals surface area contributed by atoms with Gasteiger partial charge in [0, 0.05) is 7.05 Å². The van der Waals surface area contributed by atoms with Crippen LogP contribution in [0.5, 0.6) is 5.88 Å². The Kier molecular flexibility index (Phi) is 1.95. The molecule has 2 N–H and O–H groups in total. The highest BCUT2D eigenvalue weighted by Gasteiger charge is 2.23. The van der Waals surface area contributed by atoms with Crippen molar-refractivity contribution in [1.29, 1.82) is 0 Å². The maximum Gasteiger partial charge on any atom is 0.247 e. The minimum Gasteiger partial charge on any atom is -0.476 e. The summed E-state index contributed by atoms with van der Waals surface area (Å²) in [7, 11) is 1.87. The first-order valence-electron chi connectivity index (χ1n) is 5.31. The van der Waals surface area contributed by atoms with E-state index in [9.17, 15) is 0 Å². The van der Waals surface area contributed by atoms with Crippen molar-refractivity contribution in [3.8, 4) is 5.88 Å². The third-order valence-electron chi connectivity index (χ3n) is 2.70. The molecule has 0 spiro atoms. The number of ether oxygens (including phenoxy) is 1. The van der Waals surface area contributed by atoms with Crippen LogP contribution < -0.4 is 10.5 Å². The van der Waals surface area contributed by atoms with E-state index in [0.717, 1.165) is 0 Å². The quantitative estimate of drug-likeness (QED) is 0.823. The molecule has 2 heterocycles. The van der Waals surface area contributed by atoms with Crippen LogP contribution in [-0.2, 0) is 7.05 Å². The molecular formula is C10H13N5O. The number of rotatable bonds is 3. The minimum atomic E-state index is 0.224. The number of fused-ring (bicyclic) bond motifs is 1. The van der Waals surface area contributed by atoms with Gasteiger partial charge < -0.3 is 15.0 Å². The first kappa shape index (κ1) is 9.38. The molecule has 0 aromatic carbocycles. The lowest BCUT2D eigenvalue weighted by molar-refractivity contribution is 0.292. The van der Waals surface area contributed by atoms with Gasteiger partial charge in [-0.15, -0.1) is 0 Å². The van der Waals surface area contributed by atoms with Crippen LogP contribution in [-0.4, -0.2) is 26.1 Å². The van der Waals surface area contributed by atoms with Crippen molar-refractivity contribution < 1.29 is 4.74 Å². The zero-order chi connectivity index (χ0) is 11.1. The van der Waals surface area contributed by atoms with E-state index in [1.165, 1.54) is 12.8 Å². The van der Waals surface area contributed by atoms with Gasteiger partial charge >= 0.3 is 0 Å². The number of aromatic nitrogens is 4. The summed E-state index contributed by atoms with van der Waals surface area (Å²) in [5, 5.41) is 0. The number of hydrogen-bond acceptors (Lipinski definition) is 5. The number of nitrogens with zero attached hydrogens (tertiary/aromatic N) is 4. The summed E-state index contributed by atoms with van der Waals surface area (Å²) in [6, 6.07) is 0. The average Bonchev–Trinajstić information content (AvgIpc) is 3.01. The number of hydrogen-bond donors (Lipinski definition) is 1. The van der Waals surface area contributed by atoms with Crippen molar-refractivity contribution >= 4 is 17.1 Å². The first-order valence-corrected chi connectivity index (χ1v) is 5.31. The zero-order valence-electron chi connectivity index (χ0n) is 9.05. The van der Waals surface area contributed by atoms with Gasteiger partial charge in [0.1, 0.15) is 0 Å². The van der Waals surface area contributed by atoms with E-state index in [0.29, 0.717) is 29.6 Å². The summed E-state index contributed by atoms with van der Waals surface area (Å²) in [5.74, 6) is 1.40. The van der Waals surface area contributed by atoms with E-state index in [4.69, 9.17) is 10.5 Å². The molecule has 1 aliphatic rings. The largest absolute Gasteiger partial charge is 0.476 e. The highest BCUT2D eigenvalue weighted by atomic mass is 16.5. The van der Waals surface area contributed by atoms with Crippen molar-refractivity contribution in [1.82, 2.24) is 19.5 Å². The Morgan fingerprint density at radius 2 is 2.31 bits per heavy atom. The fourth-order valence-electron chi connectivity index (χ4n) is 1.58. The second-order valence-electron chi connectivity index (χ2n) is 4.17. The first-order chi connectivity index (χ1) is 7.74. The lowest BCUT2D eigenvalue weighted by Gasteiger charge is -2.05. The zero-order valence-corrected chi connectivity index (χ0v) is 9.05. The standard InChI is InChI=1S/C10H13N5O/c1-15-5-12-7-8(15)13-10(11)14-9(7)16-4-6-2-3-6/h5-6H,2-4H2,1H3,(H2,11,13,14). The molecule has 6 heteroatoms. The van der Waals surface area contributed by atoms with E-state index in [1.54, 1.807) is 10.9 Å². The minimum absolute atomic E-state index is 0.224. The molecule has 0 bridgehead atoms. The van der Waals surface area contributed by atoms with Crippen LogP contribution in [0.2, 0.25) is 0 Å². The summed E-state index contributed by atoms with van der Waals surface area (Å²) in [6.07, 6.45) is 4.17. The highest BCUT2D eigenvalue weighted by Crippen LogP contribution is 2.30. The Labute approximate surface area is 92.5 Å². The van der Waals surface area contributed by atoms with Gasteiger partial charge in [0.05, 0.1) is 12.9 Å². The molecule has 1 fully saturated rings. The second-order valence-corrected chi connectivity index (χ2v) is 4.17. The van der Waals surface area contributed by atoms with Gasteiger partial charge in [0.25, 0.3) is 0 Å². The molecule has 0 amide bonds. The third-order valence-corrected chi connectivity index (χ3v) is 2.70. The Balaban J connectivity index is 2.00. The number of aryl methyl sites for hydroxylation is 1. The van der Waals surface area contributed by atoms with E-state index >= 15 is 0 Å². The van der Waals surface area contributed by atoms with Gasteiger partial charge in [-0.25, -0.2) is 4.98 Å². The van der Waals surface area contributed by atoms with Gasteiger partial charge in [-0.3, -0.25) is 0 Å². The molecule has 0 atom stereocenters. The lowest BCUT2D eigenvalue weighted by Crippen LogP contribution is -2.05. The number of anilines is 1. The number of nitrogen functional groups attached to an aromatic ring is 1. The smallest absolute Gasteiger partial charge is 0.247 e. The summed E-state index contributed by atoms with van der Waals surface area (Å²) in [6.45, 7) is 0.697. The fourth-order valence-corrected chi connectivity index (χ4v) is 1.58. The predicted molar refractivity (Wildman–Crippen MR) is 58.9 cm³/mol. The molecule has 6 nitrogen and oxygen atoms in total. The van der Waals surface area contributed by atoms with Crippen LogP contribution in [0.1, 0.15) is 12.8 Å². The molecular weight excluding hydrogens is 206 g/mol. The molecule has 0 saturated heterocycles. The monoisotopic (exact) mass is 219 g/mol. The Morgan fingerprint density at radius 1 is 1.50 bits per heavy atom. The number of nitrogens with two attached hydrogens (primary N) is 1. The summed E-state index contributed by atoms with van der Waals surface area (Å²) in [5.41, 5.74) is 7.02. The molecule has 1 saturated carbocycles. The Bertz CT molecular complexity index is 531. The molecule has 0 radical (unpaired) electrons. The topological polar surface area (TPSA) is 78.8 Å². The van der Waals surface area contributed by atoms with E-state index in [-0.39, 0.29) is 5.95 Å².